The molecule has 1 N–H and O–H groups in total. The molecule has 0 aliphatic carbocycles. The quantitative estimate of drug-likeness (QED) is 0.827. The predicted molar refractivity (Wildman–Crippen MR) is 86.5 cm³/mol. The predicted octanol–water partition coefficient (Wildman–Crippen LogP) is 4.69. The molecular weight excluding hydrogens is 264 g/mol. The van der Waals surface area contributed by atoms with E-state index < -0.39 is 11.4 Å². The van der Waals surface area contributed by atoms with Gasteiger partial charge in [0.2, 0.25) is 0 Å². The Morgan fingerprint density at radius 1 is 1.14 bits per heavy atom. The highest BCUT2D eigenvalue weighted by molar-refractivity contribution is 5.69. The third-order valence-electron chi connectivity index (χ3n) is 3.97. The van der Waals surface area contributed by atoms with Gasteiger partial charge in [-0.15, -0.1) is 0 Å². The minimum Gasteiger partial charge on any atom is -0.496 e. The second-order valence-corrected chi connectivity index (χ2v) is 6.95. The van der Waals surface area contributed by atoms with Crippen molar-refractivity contribution in [3.63, 3.8) is 0 Å². The van der Waals surface area contributed by atoms with Crippen molar-refractivity contribution in [2.45, 2.75) is 65.2 Å². The molecule has 0 aromatic heterocycles. The number of carboxylic acid groups (broad SMARTS) is 1. The number of hydrogen-bond donors (Lipinski definition) is 1. The normalized spacial score (nSPS) is 12.0. The van der Waals surface area contributed by atoms with Gasteiger partial charge in [-0.25, -0.2) is 0 Å². The second-order valence-electron chi connectivity index (χ2n) is 6.95. The summed E-state index contributed by atoms with van der Waals surface area (Å²) in [6.07, 6.45) is 0.119. The third-order valence-corrected chi connectivity index (χ3v) is 3.97. The highest BCUT2D eigenvalue weighted by Crippen LogP contribution is 2.39. The van der Waals surface area contributed by atoms with E-state index in [0.717, 1.165) is 22.4 Å². The fraction of sp³-hybridized carbons (Fsp3) is 0.611. The maximum Gasteiger partial charge on any atom is 0.304 e. The van der Waals surface area contributed by atoms with E-state index in [1.54, 1.807) is 7.11 Å². The average Bonchev–Trinajstić information content (AvgIpc) is 2.35. The van der Waals surface area contributed by atoms with Crippen molar-refractivity contribution in [1.29, 1.82) is 0 Å². The molecule has 0 saturated heterocycles. The molecule has 21 heavy (non-hydrogen) atoms. The van der Waals surface area contributed by atoms with Crippen molar-refractivity contribution < 1.29 is 14.6 Å². The molecule has 0 amide bonds. The number of benzene rings is 1. The lowest BCUT2D eigenvalue weighted by Gasteiger charge is -2.28. The Morgan fingerprint density at radius 3 is 1.86 bits per heavy atom. The molecule has 0 heterocycles. The minimum absolute atomic E-state index is 0.119. The zero-order chi connectivity index (χ0) is 16.4. The van der Waals surface area contributed by atoms with Crippen LogP contribution in [0.15, 0.2) is 12.1 Å². The van der Waals surface area contributed by atoms with Crippen molar-refractivity contribution in [1.82, 2.24) is 0 Å². The van der Waals surface area contributed by atoms with Crippen molar-refractivity contribution in [3.05, 3.63) is 28.8 Å². The number of aliphatic carboxylic acids is 1. The van der Waals surface area contributed by atoms with E-state index in [0.29, 0.717) is 11.8 Å². The molecule has 0 atom stereocenters. The molecule has 0 bridgehead atoms. The Morgan fingerprint density at radius 2 is 1.57 bits per heavy atom. The van der Waals surface area contributed by atoms with Gasteiger partial charge in [-0.05, 0) is 28.5 Å². The van der Waals surface area contributed by atoms with Crippen molar-refractivity contribution in [3.8, 4) is 5.75 Å². The Bertz CT molecular complexity index is 484. The summed E-state index contributed by atoms with van der Waals surface area (Å²) in [4.78, 5) is 11.1. The molecule has 1 rings (SSSR count). The van der Waals surface area contributed by atoms with Gasteiger partial charge in [-0.1, -0.05) is 53.7 Å². The first-order valence-corrected chi connectivity index (χ1v) is 7.54. The summed E-state index contributed by atoms with van der Waals surface area (Å²) in [5.41, 5.74) is 2.97. The first-order valence-electron chi connectivity index (χ1n) is 7.54. The van der Waals surface area contributed by atoms with E-state index in [4.69, 9.17) is 9.84 Å². The molecule has 1 aromatic carbocycles. The fourth-order valence-electron chi connectivity index (χ4n) is 2.64. The number of ether oxygens (including phenoxy) is 1. The van der Waals surface area contributed by atoms with Crippen LogP contribution in [0.3, 0.4) is 0 Å². The summed E-state index contributed by atoms with van der Waals surface area (Å²) in [5.74, 6) is 0.832. The summed E-state index contributed by atoms with van der Waals surface area (Å²) in [6, 6.07) is 4.22. The van der Waals surface area contributed by atoms with E-state index in [1.807, 2.05) is 13.8 Å². The van der Waals surface area contributed by atoms with Gasteiger partial charge in [-0.2, -0.15) is 0 Å². The van der Waals surface area contributed by atoms with Crippen LogP contribution in [0.5, 0.6) is 5.75 Å². The van der Waals surface area contributed by atoms with Gasteiger partial charge in [0, 0.05) is 5.41 Å². The Hall–Kier alpha value is -1.51. The molecule has 1 aromatic rings. The van der Waals surface area contributed by atoms with Crippen molar-refractivity contribution in [2.75, 3.05) is 7.11 Å². The number of carboxylic acids is 1. The molecule has 0 aliphatic heterocycles. The summed E-state index contributed by atoms with van der Waals surface area (Å²) in [7, 11) is 1.70. The highest BCUT2D eigenvalue weighted by atomic mass is 16.5. The van der Waals surface area contributed by atoms with E-state index in [-0.39, 0.29) is 6.42 Å². The van der Waals surface area contributed by atoms with Crippen LogP contribution in [0, 0.1) is 0 Å². The van der Waals surface area contributed by atoms with Gasteiger partial charge in [0.1, 0.15) is 5.75 Å². The first kappa shape index (κ1) is 17.5. The molecule has 0 radical (unpaired) electrons. The van der Waals surface area contributed by atoms with Crippen LogP contribution in [0.1, 0.15) is 76.5 Å². The summed E-state index contributed by atoms with van der Waals surface area (Å²) < 4.78 is 5.63. The zero-order valence-corrected chi connectivity index (χ0v) is 14.3. The molecule has 0 saturated carbocycles. The van der Waals surface area contributed by atoms with Crippen molar-refractivity contribution >= 4 is 5.97 Å². The standard InChI is InChI=1S/C18H28O3/c1-11(2)14-8-13(18(5,6)10-16(19)20)9-15(12(3)4)17(14)21-7/h8-9,11-12H,10H2,1-7H3,(H,19,20). The molecule has 0 spiro atoms. The lowest BCUT2D eigenvalue weighted by Crippen LogP contribution is -2.22. The highest BCUT2D eigenvalue weighted by Gasteiger charge is 2.27. The van der Waals surface area contributed by atoms with Gasteiger partial charge in [0.25, 0.3) is 0 Å². The summed E-state index contributed by atoms with van der Waals surface area (Å²) in [6.45, 7) is 12.5. The monoisotopic (exact) mass is 292 g/mol. The van der Waals surface area contributed by atoms with E-state index in [2.05, 4.69) is 39.8 Å². The van der Waals surface area contributed by atoms with E-state index in [9.17, 15) is 4.79 Å². The van der Waals surface area contributed by atoms with Gasteiger partial charge in [0.05, 0.1) is 13.5 Å². The molecule has 3 heteroatoms. The first-order chi connectivity index (χ1) is 9.60. The van der Waals surface area contributed by atoms with Crippen LogP contribution in [-0.4, -0.2) is 18.2 Å². The molecular formula is C18H28O3. The SMILES string of the molecule is COc1c(C(C)C)cc(C(C)(C)CC(=O)O)cc1C(C)C. The number of rotatable bonds is 6. The fourth-order valence-corrected chi connectivity index (χ4v) is 2.64. The van der Waals surface area contributed by atoms with Crippen LogP contribution in [0.25, 0.3) is 0 Å². The largest absolute Gasteiger partial charge is 0.496 e. The lowest BCUT2D eigenvalue weighted by atomic mass is 9.78. The summed E-state index contributed by atoms with van der Waals surface area (Å²) in [5, 5.41) is 9.14. The number of methoxy groups -OCH3 is 1. The molecule has 0 fully saturated rings. The maximum atomic E-state index is 11.1. The minimum atomic E-state index is -0.770. The molecule has 118 valence electrons. The zero-order valence-electron chi connectivity index (χ0n) is 14.3. The van der Waals surface area contributed by atoms with E-state index in [1.165, 1.54) is 0 Å². The Balaban J connectivity index is 3.51. The van der Waals surface area contributed by atoms with Crippen LogP contribution < -0.4 is 4.74 Å². The van der Waals surface area contributed by atoms with Crippen molar-refractivity contribution in [2.24, 2.45) is 0 Å². The molecule has 0 aliphatic rings. The van der Waals surface area contributed by atoms with Crippen LogP contribution in [-0.2, 0) is 10.2 Å². The lowest BCUT2D eigenvalue weighted by molar-refractivity contribution is -0.138. The van der Waals surface area contributed by atoms with Gasteiger partial charge < -0.3 is 9.84 Å². The molecule has 3 nitrogen and oxygen atoms in total. The van der Waals surface area contributed by atoms with Gasteiger partial charge >= 0.3 is 5.97 Å². The van der Waals surface area contributed by atoms with Gasteiger partial charge in [-0.3, -0.25) is 4.79 Å². The Kier molecular flexibility index (Phi) is 5.43. The number of hydrogen-bond acceptors (Lipinski definition) is 2. The summed E-state index contributed by atoms with van der Waals surface area (Å²) >= 11 is 0. The van der Waals surface area contributed by atoms with Crippen LogP contribution in [0.4, 0.5) is 0 Å². The average molecular weight is 292 g/mol. The van der Waals surface area contributed by atoms with Crippen LogP contribution >= 0.6 is 0 Å². The second kappa shape index (κ2) is 6.50. The van der Waals surface area contributed by atoms with E-state index >= 15 is 0 Å². The van der Waals surface area contributed by atoms with Gasteiger partial charge in [0.15, 0.2) is 0 Å². The Labute approximate surface area is 128 Å². The maximum absolute atomic E-state index is 11.1. The van der Waals surface area contributed by atoms with Crippen LogP contribution in [0.2, 0.25) is 0 Å². The third kappa shape index (κ3) is 3.99. The number of carbonyl (C=O) groups is 1. The molecule has 0 unspecified atom stereocenters. The smallest absolute Gasteiger partial charge is 0.304 e. The topological polar surface area (TPSA) is 46.5 Å².